The van der Waals surface area contributed by atoms with Crippen LogP contribution in [-0.2, 0) is 0 Å². The molecule has 88 valence electrons. The van der Waals surface area contributed by atoms with Crippen molar-refractivity contribution in [2.75, 3.05) is 38.0 Å². The van der Waals surface area contributed by atoms with Crippen LogP contribution in [0.5, 0.6) is 5.88 Å². The normalized spacial score (nSPS) is 14.7. The number of rotatable bonds is 5. The van der Waals surface area contributed by atoms with Crippen LogP contribution in [0.15, 0.2) is 12.3 Å². The Morgan fingerprint density at radius 3 is 2.81 bits per heavy atom. The summed E-state index contributed by atoms with van der Waals surface area (Å²) < 4.78 is 5.29. The fourth-order valence-corrected chi connectivity index (χ4v) is 1.70. The second-order valence-corrected chi connectivity index (χ2v) is 4.43. The SMILES string of the molecule is COc1nccc(N(C)C)c1NCC1CC1. The van der Waals surface area contributed by atoms with E-state index in [9.17, 15) is 0 Å². The topological polar surface area (TPSA) is 37.4 Å². The van der Waals surface area contributed by atoms with Gasteiger partial charge in [-0.25, -0.2) is 4.98 Å². The smallest absolute Gasteiger partial charge is 0.239 e. The molecule has 1 fully saturated rings. The zero-order valence-electron chi connectivity index (χ0n) is 10.2. The first-order chi connectivity index (χ1) is 7.72. The largest absolute Gasteiger partial charge is 0.479 e. The summed E-state index contributed by atoms with van der Waals surface area (Å²) in [4.78, 5) is 6.30. The van der Waals surface area contributed by atoms with Crippen molar-refractivity contribution in [3.8, 4) is 5.88 Å². The van der Waals surface area contributed by atoms with Crippen LogP contribution in [0.25, 0.3) is 0 Å². The summed E-state index contributed by atoms with van der Waals surface area (Å²) in [6.45, 7) is 1.02. The molecular weight excluding hydrogens is 202 g/mol. The molecule has 1 aromatic rings. The first kappa shape index (κ1) is 11.0. The van der Waals surface area contributed by atoms with Gasteiger partial charge in [-0.1, -0.05) is 0 Å². The molecule has 2 rings (SSSR count). The van der Waals surface area contributed by atoms with Crippen LogP contribution < -0.4 is 15.0 Å². The lowest BCUT2D eigenvalue weighted by Gasteiger charge is -2.19. The Bertz CT molecular complexity index is 361. The third-order valence-electron chi connectivity index (χ3n) is 2.83. The molecule has 0 atom stereocenters. The van der Waals surface area contributed by atoms with E-state index < -0.39 is 0 Å². The molecule has 4 heteroatoms. The van der Waals surface area contributed by atoms with E-state index in [-0.39, 0.29) is 0 Å². The number of anilines is 2. The Morgan fingerprint density at radius 2 is 2.25 bits per heavy atom. The minimum atomic E-state index is 0.673. The van der Waals surface area contributed by atoms with Gasteiger partial charge in [0, 0.05) is 26.8 Å². The van der Waals surface area contributed by atoms with Crippen LogP contribution in [0, 0.1) is 5.92 Å². The van der Waals surface area contributed by atoms with Gasteiger partial charge in [0.1, 0.15) is 5.69 Å². The van der Waals surface area contributed by atoms with Gasteiger partial charge in [-0.3, -0.25) is 0 Å². The fraction of sp³-hybridized carbons (Fsp3) is 0.583. The van der Waals surface area contributed by atoms with Crippen molar-refractivity contribution in [1.82, 2.24) is 4.98 Å². The van der Waals surface area contributed by atoms with Crippen molar-refractivity contribution < 1.29 is 4.74 Å². The van der Waals surface area contributed by atoms with Crippen LogP contribution in [0.2, 0.25) is 0 Å². The van der Waals surface area contributed by atoms with Gasteiger partial charge in [0.15, 0.2) is 0 Å². The molecule has 0 saturated heterocycles. The molecule has 4 nitrogen and oxygen atoms in total. The molecule has 1 aliphatic rings. The van der Waals surface area contributed by atoms with E-state index in [0.717, 1.165) is 23.8 Å². The first-order valence-electron chi connectivity index (χ1n) is 5.66. The third-order valence-corrected chi connectivity index (χ3v) is 2.83. The highest BCUT2D eigenvalue weighted by atomic mass is 16.5. The second kappa shape index (κ2) is 4.60. The Morgan fingerprint density at radius 1 is 1.50 bits per heavy atom. The molecule has 0 spiro atoms. The van der Waals surface area contributed by atoms with E-state index in [1.807, 2.05) is 20.2 Å². The molecule has 1 aliphatic carbocycles. The van der Waals surface area contributed by atoms with Crippen LogP contribution in [0.1, 0.15) is 12.8 Å². The van der Waals surface area contributed by atoms with E-state index in [0.29, 0.717) is 5.88 Å². The zero-order chi connectivity index (χ0) is 11.5. The number of nitrogens with one attached hydrogen (secondary N) is 1. The zero-order valence-corrected chi connectivity index (χ0v) is 10.2. The summed E-state index contributed by atoms with van der Waals surface area (Å²) in [7, 11) is 5.71. The van der Waals surface area contributed by atoms with Gasteiger partial charge >= 0.3 is 0 Å². The highest BCUT2D eigenvalue weighted by Crippen LogP contribution is 2.35. The number of aromatic nitrogens is 1. The quantitative estimate of drug-likeness (QED) is 0.825. The predicted octanol–water partition coefficient (Wildman–Crippen LogP) is 1.98. The van der Waals surface area contributed by atoms with Gasteiger partial charge in [-0.2, -0.15) is 0 Å². The number of hydrogen-bond donors (Lipinski definition) is 1. The molecule has 0 aliphatic heterocycles. The van der Waals surface area contributed by atoms with Crippen LogP contribution in [0.4, 0.5) is 11.4 Å². The Labute approximate surface area is 96.6 Å². The van der Waals surface area contributed by atoms with Crippen molar-refractivity contribution >= 4 is 11.4 Å². The number of nitrogens with zero attached hydrogens (tertiary/aromatic N) is 2. The Balaban J connectivity index is 2.21. The van der Waals surface area contributed by atoms with Crippen LogP contribution in [-0.4, -0.2) is 32.7 Å². The predicted molar refractivity (Wildman–Crippen MR) is 66.3 cm³/mol. The minimum absolute atomic E-state index is 0.673. The molecular formula is C12H19N3O. The third kappa shape index (κ3) is 2.38. The Kier molecular flexibility index (Phi) is 3.17. The number of methoxy groups -OCH3 is 1. The molecule has 0 unspecified atom stereocenters. The maximum Gasteiger partial charge on any atom is 0.239 e. The Hall–Kier alpha value is -1.45. The molecule has 16 heavy (non-hydrogen) atoms. The monoisotopic (exact) mass is 221 g/mol. The van der Waals surface area contributed by atoms with Crippen molar-refractivity contribution in [3.05, 3.63) is 12.3 Å². The van der Waals surface area contributed by atoms with Crippen molar-refractivity contribution in [2.24, 2.45) is 5.92 Å². The van der Waals surface area contributed by atoms with E-state index in [1.165, 1.54) is 12.8 Å². The molecule has 0 amide bonds. The molecule has 0 aromatic carbocycles. The van der Waals surface area contributed by atoms with Gasteiger partial charge in [0.25, 0.3) is 0 Å². The number of pyridine rings is 1. The van der Waals surface area contributed by atoms with Crippen molar-refractivity contribution in [1.29, 1.82) is 0 Å². The highest BCUT2D eigenvalue weighted by molar-refractivity contribution is 5.74. The minimum Gasteiger partial charge on any atom is -0.479 e. The lowest BCUT2D eigenvalue weighted by molar-refractivity contribution is 0.399. The average Bonchev–Trinajstić information content (AvgIpc) is 3.09. The lowest BCUT2D eigenvalue weighted by Crippen LogP contribution is -2.14. The highest BCUT2D eigenvalue weighted by Gasteiger charge is 2.22. The van der Waals surface area contributed by atoms with Crippen molar-refractivity contribution in [2.45, 2.75) is 12.8 Å². The van der Waals surface area contributed by atoms with E-state index >= 15 is 0 Å². The number of hydrogen-bond acceptors (Lipinski definition) is 4. The van der Waals surface area contributed by atoms with Gasteiger partial charge in [-0.15, -0.1) is 0 Å². The summed E-state index contributed by atoms with van der Waals surface area (Å²) >= 11 is 0. The standard InChI is InChI=1S/C12H19N3O/c1-15(2)10-6-7-13-12(16-3)11(10)14-8-9-4-5-9/h6-7,9,14H,4-5,8H2,1-3H3. The summed E-state index contributed by atoms with van der Waals surface area (Å²) in [6.07, 6.45) is 4.45. The van der Waals surface area contributed by atoms with Gasteiger partial charge in [-0.05, 0) is 24.8 Å². The van der Waals surface area contributed by atoms with E-state index in [4.69, 9.17) is 4.74 Å². The summed E-state index contributed by atoms with van der Waals surface area (Å²) in [5.74, 6) is 1.51. The maximum atomic E-state index is 5.29. The molecule has 1 aromatic heterocycles. The summed E-state index contributed by atoms with van der Waals surface area (Å²) in [5, 5.41) is 3.45. The fourth-order valence-electron chi connectivity index (χ4n) is 1.70. The van der Waals surface area contributed by atoms with E-state index in [1.54, 1.807) is 13.3 Å². The lowest BCUT2D eigenvalue weighted by atomic mass is 10.3. The molecule has 1 heterocycles. The van der Waals surface area contributed by atoms with E-state index in [2.05, 4.69) is 15.2 Å². The van der Waals surface area contributed by atoms with Crippen LogP contribution in [0.3, 0.4) is 0 Å². The second-order valence-electron chi connectivity index (χ2n) is 4.43. The molecule has 0 radical (unpaired) electrons. The summed E-state index contributed by atoms with van der Waals surface area (Å²) in [5.41, 5.74) is 2.12. The molecule has 1 N–H and O–H groups in total. The summed E-state index contributed by atoms with van der Waals surface area (Å²) in [6, 6.07) is 2.00. The van der Waals surface area contributed by atoms with Crippen LogP contribution >= 0.6 is 0 Å². The number of ether oxygens (including phenoxy) is 1. The molecule has 1 saturated carbocycles. The molecule has 0 bridgehead atoms. The first-order valence-corrected chi connectivity index (χ1v) is 5.66. The van der Waals surface area contributed by atoms with Crippen molar-refractivity contribution in [3.63, 3.8) is 0 Å². The maximum absolute atomic E-state index is 5.29. The van der Waals surface area contributed by atoms with Gasteiger partial charge < -0.3 is 15.0 Å². The average molecular weight is 221 g/mol. The van der Waals surface area contributed by atoms with Gasteiger partial charge in [0.05, 0.1) is 12.8 Å². The van der Waals surface area contributed by atoms with Gasteiger partial charge in [0.2, 0.25) is 5.88 Å².